The number of allylic oxidation sites excluding steroid dienone is 4. The van der Waals surface area contributed by atoms with Crippen molar-refractivity contribution in [1.29, 1.82) is 0 Å². The second kappa shape index (κ2) is 19.9. The lowest BCUT2D eigenvalue weighted by atomic mass is 9.96. The van der Waals surface area contributed by atoms with Crippen molar-refractivity contribution in [3.63, 3.8) is 0 Å². The number of phenols is 2. The van der Waals surface area contributed by atoms with Crippen LogP contribution in [0.15, 0.2) is 254 Å². The van der Waals surface area contributed by atoms with Crippen LogP contribution < -0.4 is 24.3 Å². The maximum Gasteiger partial charge on any atom is 0.160 e. The van der Waals surface area contributed by atoms with Crippen LogP contribution in [-0.4, -0.2) is 17.3 Å². The first-order valence-electron chi connectivity index (χ1n) is 23.2. The average Bonchev–Trinajstić information content (AvgIpc) is 3.40. The van der Waals surface area contributed by atoms with Crippen LogP contribution in [0.4, 0.5) is 62.6 Å². The SMILES string of the molecule is COc1ccc(N(c2ccc(-c3ccc(N(c4ccc(N(C5=CC=CCC5C)c5ccccc5)cc4)c4cccc(O)c4)cc3)cc2)c2ccc(N(c3ccccc3)c3ccccc3)cc2)cc1O. The van der Waals surface area contributed by atoms with E-state index in [1.54, 1.807) is 31.4 Å². The maximum absolute atomic E-state index is 11.0. The molecule has 2 N–H and O–H groups in total. The molecule has 7 heteroatoms. The molecule has 10 rings (SSSR count). The molecule has 9 aromatic carbocycles. The summed E-state index contributed by atoms with van der Waals surface area (Å²) in [6.45, 7) is 2.28. The summed E-state index contributed by atoms with van der Waals surface area (Å²) in [7, 11) is 1.55. The van der Waals surface area contributed by atoms with Crippen LogP contribution in [0.1, 0.15) is 13.3 Å². The number of methoxy groups -OCH3 is 1. The summed E-state index contributed by atoms with van der Waals surface area (Å²) in [5, 5.41) is 21.6. The van der Waals surface area contributed by atoms with E-state index in [9.17, 15) is 10.2 Å². The topological polar surface area (TPSA) is 62.7 Å². The number of aromatic hydroxyl groups is 2. The Balaban J connectivity index is 0.958. The fourth-order valence-electron chi connectivity index (χ4n) is 9.11. The highest BCUT2D eigenvalue weighted by Crippen LogP contribution is 2.44. The summed E-state index contributed by atoms with van der Waals surface area (Å²) in [6, 6.07) is 78.2. The van der Waals surface area contributed by atoms with Gasteiger partial charge >= 0.3 is 0 Å². The van der Waals surface area contributed by atoms with E-state index in [1.807, 2.05) is 30.3 Å². The van der Waals surface area contributed by atoms with Crippen molar-refractivity contribution in [3.05, 3.63) is 254 Å². The summed E-state index contributed by atoms with van der Waals surface area (Å²) in [5.41, 5.74) is 14.1. The number of hydrogen-bond acceptors (Lipinski definition) is 7. The van der Waals surface area contributed by atoms with E-state index >= 15 is 0 Å². The number of rotatable bonds is 14. The van der Waals surface area contributed by atoms with Crippen LogP contribution in [0.2, 0.25) is 0 Å². The third-order valence-corrected chi connectivity index (χ3v) is 12.5. The van der Waals surface area contributed by atoms with E-state index in [0.29, 0.717) is 11.7 Å². The van der Waals surface area contributed by atoms with E-state index in [-0.39, 0.29) is 11.5 Å². The number of benzene rings is 9. The predicted molar refractivity (Wildman–Crippen MR) is 285 cm³/mol. The van der Waals surface area contributed by atoms with Gasteiger partial charge in [-0.2, -0.15) is 0 Å². The molecule has 0 aromatic heterocycles. The molecule has 9 aromatic rings. The standard InChI is InChI=1S/C62H52N4O3/c1-45-15-12-13-24-60(45)66(50-20-10-5-11-21-50)56-39-37-54(38-40-56)64(57-22-14-23-59(67)43-57)51-29-25-46(26-30-51)47-27-31-52(32-28-47)65(58-41-42-62(69-2)61(68)44-58)55-35-33-53(34-36-55)63(48-16-6-3-7-17-48)49-18-8-4-9-19-49/h3-14,16-45,67-68H,15H2,1-2H3. The number of phenolic OH excluding ortho intramolecular Hbond substituents is 2. The molecule has 0 heterocycles. The van der Waals surface area contributed by atoms with Crippen LogP contribution in [0.25, 0.3) is 11.1 Å². The number of anilines is 11. The molecule has 1 atom stereocenters. The third-order valence-electron chi connectivity index (χ3n) is 12.5. The monoisotopic (exact) mass is 900 g/mol. The Morgan fingerprint density at radius 3 is 1.17 bits per heavy atom. The Morgan fingerprint density at radius 2 is 0.754 bits per heavy atom. The second-order valence-corrected chi connectivity index (χ2v) is 17.0. The van der Waals surface area contributed by atoms with Crippen molar-refractivity contribution in [3.8, 4) is 28.4 Å². The van der Waals surface area contributed by atoms with Gasteiger partial charge < -0.3 is 34.5 Å². The lowest BCUT2D eigenvalue weighted by Gasteiger charge is -2.33. The molecular weight excluding hydrogens is 849 g/mol. The molecule has 1 aliphatic carbocycles. The van der Waals surface area contributed by atoms with Gasteiger partial charge in [-0.1, -0.05) is 104 Å². The van der Waals surface area contributed by atoms with Crippen molar-refractivity contribution < 1.29 is 14.9 Å². The molecule has 0 fully saturated rings. The number of para-hydroxylation sites is 3. The van der Waals surface area contributed by atoms with Crippen LogP contribution in [0.3, 0.4) is 0 Å². The highest BCUT2D eigenvalue weighted by atomic mass is 16.5. The number of nitrogens with zero attached hydrogens (tertiary/aromatic N) is 4. The fourth-order valence-corrected chi connectivity index (χ4v) is 9.11. The van der Waals surface area contributed by atoms with Crippen molar-refractivity contribution >= 4 is 62.6 Å². The van der Waals surface area contributed by atoms with Gasteiger partial charge in [0.2, 0.25) is 0 Å². The molecule has 0 spiro atoms. The molecule has 0 amide bonds. The van der Waals surface area contributed by atoms with Gasteiger partial charge in [0.25, 0.3) is 0 Å². The van der Waals surface area contributed by atoms with Crippen molar-refractivity contribution in [1.82, 2.24) is 0 Å². The Morgan fingerprint density at radius 1 is 0.391 bits per heavy atom. The Bertz CT molecular complexity index is 3160. The van der Waals surface area contributed by atoms with Gasteiger partial charge in [0.15, 0.2) is 11.5 Å². The van der Waals surface area contributed by atoms with Gasteiger partial charge in [0, 0.05) is 80.6 Å². The Kier molecular flexibility index (Phi) is 12.7. The predicted octanol–water partition coefficient (Wildman–Crippen LogP) is 16.8. The van der Waals surface area contributed by atoms with Crippen LogP contribution in [-0.2, 0) is 0 Å². The summed E-state index contributed by atoms with van der Waals surface area (Å²) in [6.07, 6.45) is 7.59. The van der Waals surface area contributed by atoms with Gasteiger partial charge in [0.1, 0.15) is 5.75 Å². The molecule has 0 aliphatic heterocycles. The summed E-state index contributed by atoms with van der Waals surface area (Å²) in [5.74, 6) is 1.03. The van der Waals surface area contributed by atoms with Gasteiger partial charge in [-0.05, 0) is 157 Å². The van der Waals surface area contributed by atoms with E-state index in [0.717, 1.165) is 80.1 Å². The second-order valence-electron chi connectivity index (χ2n) is 17.0. The van der Waals surface area contributed by atoms with Crippen LogP contribution >= 0.6 is 0 Å². The zero-order chi connectivity index (χ0) is 47.1. The summed E-state index contributed by atoms with van der Waals surface area (Å²) < 4.78 is 5.42. The Hall–Kier alpha value is -8.94. The lowest BCUT2D eigenvalue weighted by molar-refractivity contribution is 0.373. The fraction of sp³-hybridized carbons (Fsp3) is 0.0645. The molecule has 0 saturated carbocycles. The average molecular weight is 901 g/mol. The molecule has 7 nitrogen and oxygen atoms in total. The zero-order valence-electron chi connectivity index (χ0n) is 38.5. The van der Waals surface area contributed by atoms with Gasteiger partial charge in [-0.25, -0.2) is 0 Å². The summed E-state index contributed by atoms with van der Waals surface area (Å²) in [4.78, 5) is 8.88. The van der Waals surface area contributed by atoms with Crippen molar-refractivity contribution in [2.24, 2.45) is 5.92 Å². The molecule has 0 bridgehead atoms. The lowest BCUT2D eigenvalue weighted by Crippen LogP contribution is -2.22. The number of ether oxygens (including phenoxy) is 1. The highest BCUT2D eigenvalue weighted by Gasteiger charge is 2.22. The van der Waals surface area contributed by atoms with Gasteiger partial charge in [-0.15, -0.1) is 0 Å². The van der Waals surface area contributed by atoms with Crippen molar-refractivity contribution in [2.75, 3.05) is 26.7 Å². The minimum atomic E-state index is 0.0573. The number of hydrogen-bond donors (Lipinski definition) is 2. The van der Waals surface area contributed by atoms with Gasteiger partial charge in [-0.3, -0.25) is 0 Å². The Labute approximate surface area is 404 Å². The summed E-state index contributed by atoms with van der Waals surface area (Å²) >= 11 is 0. The molecular formula is C62H52N4O3. The van der Waals surface area contributed by atoms with Crippen LogP contribution in [0.5, 0.6) is 17.2 Å². The quantitative estimate of drug-likeness (QED) is 0.113. The smallest absolute Gasteiger partial charge is 0.160 e. The van der Waals surface area contributed by atoms with Gasteiger partial charge in [0.05, 0.1) is 12.8 Å². The first-order chi connectivity index (χ1) is 33.9. The van der Waals surface area contributed by atoms with Crippen molar-refractivity contribution in [2.45, 2.75) is 13.3 Å². The highest BCUT2D eigenvalue weighted by molar-refractivity contribution is 5.84. The maximum atomic E-state index is 11.0. The normalized spacial score (nSPS) is 13.0. The molecule has 0 saturated heterocycles. The first kappa shape index (κ1) is 43.9. The van der Waals surface area contributed by atoms with E-state index < -0.39 is 0 Å². The minimum absolute atomic E-state index is 0.0573. The zero-order valence-corrected chi connectivity index (χ0v) is 38.5. The van der Waals surface area contributed by atoms with E-state index in [1.165, 1.54) is 5.70 Å². The molecule has 1 aliphatic rings. The first-order valence-corrected chi connectivity index (χ1v) is 23.2. The van der Waals surface area contributed by atoms with E-state index in [2.05, 4.69) is 221 Å². The molecule has 69 heavy (non-hydrogen) atoms. The van der Waals surface area contributed by atoms with Crippen LogP contribution in [0, 0.1) is 5.92 Å². The third kappa shape index (κ3) is 9.40. The molecule has 338 valence electrons. The minimum Gasteiger partial charge on any atom is -0.508 e. The largest absolute Gasteiger partial charge is 0.508 e. The molecule has 1 unspecified atom stereocenters. The van der Waals surface area contributed by atoms with E-state index in [4.69, 9.17) is 4.74 Å². The molecule has 0 radical (unpaired) electrons.